The molecule has 0 saturated heterocycles. The highest BCUT2D eigenvalue weighted by Crippen LogP contribution is 2.55. The first-order chi connectivity index (χ1) is 13.6. The van der Waals surface area contributed by atoms with Gasteiger partial charge in [0, 0.05) is 11.2 Å². The molecule has 1 aromatic carbocycles. The van der Waals surface area contributed by atoms with Gasteiger partial charge in [0.15, 0.2) is 4.34 Å². The van der Waals surface area contributed by atoms with Crippen LogP contribution in [0.1, 0.15) is 44.1 Å². The highest BCUT2D eigenvalue weighted by atomic mass is 32.2. The van der Waals surface area contributed by atoms with E-state index >= 15 is 0 Å². The average Bonchev–Trinajstić information content (AvgIpc) is 3.08. The number of hydrogen-bond acceptors (Lipinski definition) is 6. The van der Waals surface area contributed by atoms with Crippen LogP contribution in [0.2, 0.25) is 0 Å². The van der Waals surface area contributed by atoms with Gasteiger partial charge in [-0.2, -0.15) is 0 Å². The SMILES string of the molecule is Cc1ccc(Nc2nnc(SCC(=O)NC34CC5CC(CC(C5)C3)C4)s2)cc1. The van der Waals surface area contributed by atoms with Crippen molar-refractivity contribution < 1.29 is 4.79 Å². The number of hydrogen-bond donors (Lipinski definition) is 2. The summed E-state index contributed by atoms with van der Waals surface area (Å²) in [6, 6.07) is 8.19. The van der Waals surface area contributed by atoms with Gasteiger partial charge in [-0.15, -0.1) is 10.2 Å². The second-order valence-electron chi connectivity index (χ2n) is 8.90. The van der Waals surface area contributed by atoms with Gasteiger partial charge in [-0.25, -0.2) is 0 Å². The van der Waals surface area contributed by atoms with E-state index in [0.29, 0.717) is 5.75 Å². The molecule has 4 fully saturated rings. The Bertz CT molecular complexity index is 828. The van der Waals surface area contributed by atoms with Crippen molar-refractivity contribution in [3.63, 3.8) is 0 Å². The molecule has 2 N–H and O–H groups in total. The average molecular weight is 415 g/mol. The lowest BCUT2D eigenvalue weighted by Gasteiger charge is -2.56. The maximum atomic E-state index is 12.6. The Morgan fingerprint density at radius 3 is 2.39 bits per heavy atom. The van der Waals surface area contributed by atoms with Crippen LogP contribution >= 0.6 is 23.1 Å². The molecule has 4 aliphatic rings. The van der Waals surface area contributed by atoms with Crippen LogP contribution in [-0.2, 0) is 4.79 Å². The summed E-state index contributed by atoms with van der Waals surface area (Å²) in [7, 11) is 0. The minimum absolute atomic E-state index is 0.0890. The summed E-state index contributed by atoms with van der Waals surface area (Å²) in [5.41, 5.74) is 2.31. The summed E-state index contributed by atoms with van der Waals surface area (Å²) in [5.74, 6) is 3.10. The van der Waals surface area contributed by atoms with Crippen LogP contribution in [0.3, 0.4) is 0 Å². The monoisotopic (exact) mass is 414 g/mol. The quantitative estimate of drug-likeness (QED) is 0.667. The summed E-state index contributed by atoms with van der Waals surface area (Å²) in [4.78, 5) is 12.6. The standard InChI is InChI=1S/C21H26N4OS2/c1-13-2-4-17(5-3-13)22-19-24-25-20(28-19)27-12-18(26)23-21-9-14-6-15(10-21)8-16(7-14)11-21/h2-5,14-16H,6-12H2,1H3,(H,22,24)(H,23,26). The highest BCUT2D eigenvalue weighted by Gasteiger charge is 2.51. The molecule has 0 aliphatic heterocycles. The summed E-state index contributed by atoms with van der Waals surface area (Å²) < 4.78 is 0.829. The Morgan fingerprint density at radius 1 is 1.11 bits per heavy atom. The van der Waals surface area contributed by atoms with Crippen LogP contribution in [-0.4, -0.2) is 27.4 Å². The molecule has 148 valence electrons. The molecule has 28 heavy (non-hydrogen) atoms. The molecule has 0 unspecified atom stereocenters. The highest BCUT2D eigenvalue weighted by molar-refractivity contribution is 8.01. The van der Waals surface area contributed by atoms with Gasteiger partial charge in [-0.1, -0.05) is 40.8 Å². The van der Waals surface area contributed by atoms with Crippen molar-refractivity contribution in [3.8, 4) is 0 Å². The maximum Gasteiger partial charge on any atom is 0.230 e. The first-order valence-electron chi connectivity index (χ1n) is 10.2. The van der Waals surface area contributed by atoms with Gasteiger partial charge >= 0.3 is 0 Å². The fourth-order valence-corrected chi connectivity index (χ4v) is 7.37. The lowest BCUT2D eigenvalue weighted by molar-refractivity contribution is -0.124. The molecule has 4 aliphatic carbocycles. The van der Waals surface area contributed by atoms with Gasteiger partial charge in [0.1, 0.15) is 0 Å². The normalized spacial score (nSPS) is 30.4. The molecule has 0 radical (unpaired) electrons. The van der Waals surface area contributed by atoms with Gasteiger partial charge in [0.05, 0.1) is 5.75 Å². The molecule has 1 heterocycles. The number of benzene rings is 1. The van der Waals surface area contributed by atoms with Gasteiger partial charge < -0.3 is 10.6 Å². The molecule has 1 aromatic heterocycles. The summed E-state index contributed by atoms with van der Waals surface area (Å²) >= 11 is 2.98. The number of carbonyl (C=O) groups excluding carboxylic acids is 1. The number of rotatable bonds is 6. The maximum absolute atomic E-state index is 12.6. The van der Waals surface area contributed by atoms with E-state index < -0.39 is 0 Å². The predicted octanol–water partition coefficient (Wildman–Crippen LogP) is 4.77. The lowest BCUT2D eigenvalue weighted by atomic mass is 9.53. The van der Waals surface area contributed by atoms with Gasteiger partial charge in [-0.05, 0) is 75.3 Å². The Balaban J connectivity index is 1.14. The van der Waals surface area contributed by atoms with E-state index in [1.165, 1.54) is 67.2 Å². The van der Waals surface area contributed by atoms with Crippen molar-refractivity contribution in [2.24, 2.45) is 17.8 Å². The Kier molecular flexibility index (Phi) is 4.83. The zero-order valence-electron chi connectivity index (χ0n) is 16.1. The summed E-state index contributed by atoms with van der Waals surface area (Å²) in [6.45, 7) is 2.07. The molecule has 0 spiro atoms. The fourth-order valence-electron chi connectivity index (χ4n) is 5.80. The van der Waals surface area contributed by atoms with Crippen molar-refractivity contribution in [1.29, 1.82) is 0 Å². The number of aryl methyl sites for hydroxylation is 1. The molecule has 2 aromatic rings. The van der Waals surface area contributed by atoms with Crippen molar-refractivity contribution in [3.05, 3.63) is 29.8 Å². The minimum Gasteiger partial charge on any atom is -0.350 e. The first kappa shape index (κ1) is 18.4. The zero-order valence-corrected chi connectivity index (χ0v) is 17.7. The Hall–Kier alpha value is -1.60. The molecule has 7 heteroatoms. The number of nitrogens with zero attached hydrogens (tertiary/aromatic N) is 2. The smallest absolute Gasteiger partial charge is 0.230 e. The van der Waals surface area contributed by atoms with E-state index in [4.69, 9.17) is 0 Å². The van der Waals surface area contributed by atoms with Crippen molar-refractivity contribution >= 4 is 39.8 Å². The molecule has 4 saturated carbocycles. The third-order valence-electron chi connectivity index (χ3n) is 6.48. The third kappa shape index (κ3) is 3.92. The largest absolute Gasteiger partial charge is 0.350 e. The summed E-state index contributed by atoms with van der Waals surface area (Å²) in [6.07, 6.45) is 7.76. The second-order valence-corrected chi connectivity index (χ2v) is 11.1. The van der Waals surface area contributed by atoms with Crippen LogP contribution < -0.4 is 10.6 Å². The molecular formula is C21H26N4OS2. The Morgan fingerprint density at radius 2 is 1.75 bits per heavy atom. The van der Waals surface area contributed by atoms with Crippen molar-refractivity contribution in [1.82, 2.24) is 15.5 Å². The molecule has 1 amide bonds. The van der Waals surface area contributed by atoms with Crippen LogP contribution in [0.5, 0.6) is 0 Å². The van der Waals surface area contributed by atoms with Crippen LogP contribution in [0, 0.1) is 24.7 Å². The third-order valence-corrected chi connectivity index (χ3v) is 8.45. The van der Waals surface area contributed by atoms with Crippen molar-refractivity contribution in [2.75, 3.05) is 11.1 Å². The molecule has 4 bridgehead atoms. The molecule has 5 nitrogen and oxygen atoms in total. The van der Waals surface area contributed by atoms with Crippen LogP contribution in [0.4, 0.5) is 10.8 Å². The Labute approximate surface area is 174 Å². The zero-order chi connectivity index (χ0) is 19.1. The molecule has 0 atom stereocenters. The van der Waals surface area contributed by atoms with E-state index in [-0.39, 0.29) is 11.4 Å². The lowest BCUT2D eigenvalue weighted by Crippen LogP contribution is -2.60. The van der Waals surface area contributed by atoms with Gasteiger partial charge in [0.2, 0.25) is 11.0 Å². The van der Waals surface area contributed by atoms with E-state index in [1.807, 2.05) is 12.1 Å². The number of anilines is 2. The number of carbonyl (C=O) groups is 1. The molecular weight excluding hydrogens is 388 g/mol. The number of nitrogens with one attached hydrogen (secondary N) is 2. The topological polar surface area (TPSA) is 66.9 Å². The minimum atomic E-state index is 0.0890. The van der Waals surface area contributed by atoms with Crippen LogP contribution in [0.25, 0.3) is 0 Å². The fraction of sp³-hybridized carbons (Fsp3) is 0.571. The van der Waals surface area contributed by atoms with E-state index in [1.54, 1.807) is 0 Å². The van der Waals surface area contributed by atoms with Gasteiger partial charge in [0.25, 0.3) is 0 Å². The van der Waals surface area contributed by atoms with Gasteiger partial charge in [-0.3, -0.25) is 4.79 Å². The predicted molar refractivity (Wildman–Crippen MR) is 114 cm³/mol. The van der Waals surface area contributed by atoms with E-state index in [0.717, 1.165) is 32.9 Å². The number of thioether (sulfide) groups is 1. The summed E-state index contributed by atoms with van der Waals surface area (Å²) in [5, 5.41) is 15.9. The first-order valence-corrected chi connectivity index (χ1v) is 12.0. The van der Waals surface area contributed by atoms with Crippen LogP contribution in [0.15, 0.2) is 28.6 Å². The second kappa shape index (κ2) is 7.34. The van der Waals surface area contributed by atoms with E-state index in [9.17, 15) is 4.79 Å². The molecule has 6 rings (SSSR count). The van der Waals surface area contributed by atoms with Crippen molar-refractivity contribution in [2.45, 2.75) is 55.3 Å². The number of aromatic nitrogens is 2. The number of amides is 1. The van der Waals surface area contributed by atoms with E-state index in [2.05, 4.69) is 39.9 Å².